The topological polar surface area (TPSA) is 87.4 Å². The highest BCUT2D eigenvalue weighted by Gasteiger charge is 2.08. The predicted molar refractivity (Wildman–Crippen MR) is 94.2 cm³/mol. The van der Waals surface area contributed by atoms with Crippen molar-refractivity contribution in [3.05, 3.63) is 46.0 Å². The molecule has 0 fully saturated rings. The summed E-state index contributed by atoms with van der Waals surface area (Å²) in [5.41, 5.74) is 6.16. The van der Waals surface area contributed by atoms with Gasteiger partial charge in [0.05, 0.1) is 36.6 Å². The highest BCUT2D eigenvalue weighted by molar-refractivity contribution is 7.13. The number of nitriles is 1. The second kappa shape index (κ2) is 8.79. The molecule has 0 amide bonds. The molecule has 0 saturated heterocycles. The molecule has 0 spiro atoms. The number of ether oxygens (including phenoxy) is 1. The van der Waals surface area contributed by atoms with E-state index >= 15 is 0 Å². The van der Waals surface area contributed by atoms with E-state index in [0.29, 0.717) is 23.0 Å². The van der Waals surface area contributed by atoms with Crippen LogP contribution in [-0.4, -0.2) is 23.8 Å². The van der Waals surface area contributed by atoms with Gasteiger partial charge in [-0.25, -0.2) is 4.98 Å². The lowest BCUT2D eigenvalue weighted by molar-refractivity contribution is -0.142. The largest absolute Gasteiger partial charge is 0.466 e. The van der Waals surface area contributed by atoms with Crippen LogP contribution in [0, 0.1) is 11.3 Å². The van der Waals surface area contributed by atoms with Gasteiger partial charge < -0.3 is 4.74 Å². The van der Waals surface area contributed by atoms with Crippen LogP contribution in [0.25, 0.3) is 0 Å². The number of rotatable bonds is 7. The zero-order chi connectivity index (χ0) is 17.4. The van der Waals surface area contributed by atoms with Crippen molar-refractivity contribution in [3.63, 3.8) is 0 Å². The third kappa shape index (κ3) is 4.89. The molecular weight excluding hydrogens is 324 g/mol. The second-order valence-electron chi connectivity index (χ2n) is 4.87. The van der Waals surface area contributed by atoms with Crippen LogP contribution in [0.4, 0.5) is 5.13 Å². The number of anilines is 1. The first-order valence-corrected chi connectivity index (χ1v) is 8.46. The molecule has 0 atom stereocenters. The van der Waals surface area contributed by atoms with E-state index in [1.807, 2.05) is 19.1 Å². The van der Waals surface area contributed by atoms with Gasteiger partial charge in [-0.3, -0.25) is 10.2 Å². The Balaban J connectivity index is 1.98. The number of hydrazone groups is 1. The van der Waals surface area contributed by atoms with Crippen molar-refractivity contribution >= 4 is 28.7 Å². The molecule has 0 aliphatic carbocycles. The van der Waals surface area contributed by atoms with Crippen LogP contribution in [0.3, 0.4) is 0 Å². The molecule has 1 aromatic heterocycles. The Morgan fingerprint density at radius 1 is 1.50 bits per heavy atom. The van der Waals surface area contributed by atoms with Crippen LogP contribution in [-0.2, 0) is 22.4 Å². The molecule has 0 aliphatic rings. The summed E-state index contributed by atoms with van der Waals surface area (Å²) in [6, 6.07) is 7.63. The Bertz CT molecular complexity index is 777. The summed E-state index contributed by atoms with van der Waals surface area (Å²) in [4.78, 5) is 15.7. The maximum Gasteiger partial charge on any atom is 0.311 e. The molecule has 1 heterocycles. The summed E-state index contributed by atoms with van der Waals surface area (Å²) in [7, 11) is 0. The number of nitrogens with zero attached hydrogens (tertiary/aromatic N) is 3. The van der Waals surface area contributed by atoms with Gasteiger partial charge in [-0.05, 0) is 36.6 Å². The van der Waals surface area contributed by atoms with E-state index in [0.717, 1.165) is 17.5 Å². The van der Waals surface area contributed by atoms with Gasteiger partial charge in [0.25, 0.3) is 0 Å². The van der Waals surface area contributed by atoms with E-state index in [-0.39, 0.29) is 12.4 Å². The van der Waals surface area contributed by atoms with Crippen LogP contribution < -0.4 is 5.43 Å². The Labute approximate surface area is 144 Å². The number of aryl methyl sites for hydroxylation is 1. The molecule has 1 aromatic carbocycles. The lowest BCUT2D eigenvalue weighted by Crippen LogP contribution is -2.07. The highest BCUT2D eigenvalue weighted by atomic mass is 32.1. The Kier molecular flexibility index (Phi) is 6.46. The van der Waals surface area contributed by atoms with Gasteiger partial charge in [-0.15, -0.1) is 11.3 Å². The first kappa shape index (κ1) is 17.6. The van der Waals surface area contributed by atoms with E-state index in [1.54, 1.807) is 24.6 Å². The first-order chi connectivity index (χ1) is 11.7. The van der Waals surface area contributed by atoms with Crippen LogP contribution in [0.2, 0.25) is 0 Å². The maximum absolute atomic E-state index is 11.4. The molecule has 0 aliphatic heterocycles. The summed E-state index contributed by atoms with van der Waals surface area (Å²) in [6.45, 7) is 4.17. The predicted octanol–water partition coefficient (Wildman–Crippen LogP) is 3.13. The lowest BCUT2D eigenvalue weighted by Gasteiger charge is -2.03. The molecule has 24 heavy (non-hydrogen) atoms. The molecule has 0 bridgehead atoms. The average molecular weight is 342 g/mol. The molecule has 2 aromatic rings. The zero-order valence-corrected chi connectivity index (χ0v) is 14.4. The monoisotopic (exact) mass is 342 g/mol. The maximum atomic E-state index is 11.4. The fourth-order valence-corrected chi connectivity index (χ4v) is 2.72. The number of hydrogen-bond donors (Lipinski definition) is 1. The summed E-state index contributed by atoms with van der Waals surface area (Å²) < 4.78 is 4.89. The van der Waals surface area contributed by atoms with Crippen molar-refractivity contribution in [2.45, 2.75) is 26.7 Å². The molecule has 6 nitrogen and oxygen atoms in total. The van der Waals surface area contributed by atoms with E-state index in [2.05, 4.69) is 21.6 Å². The Morgan fingerprint density at radius 2 is 2.33 bits per heavy atom. The minimum atomic E-state index is -0.289. The van der Waals surface area contributed by atoms with Gasteiger partial charge in [-0.2, -0.15) is 10.4 Å². The smallest absolute Gasteiger partial charge is 0.311 e. The average Bonchev–Trinajstić information content (AvgIpc) is 3.02. The number of benzene rings is 1. The summed E-state index contributed by atoms with van der Waals surface area (Å²) in [5.74, 6) is -0.289. The van der Waals surface area contributed by atoms with Crippen molar-refractivity contribution in [1.29, 1.82) is 5.26 Å². The highest BCUT2D eigenvalue weighted by Crippen LogP contribution is 2.16. The van der Waals surface area contributed by atoms with Crippen molar-refractivity contribution in [3.8, 4) is 6.07 Å². The van der Waals surface area contributed by atoms with E-state index in [4.69, 9.17) is 10.00 Å². The van der Waals surface area contributed by atoms with E-state index < -0.39 is 0 Å². The molecular formula is C17H18N4O2S. The fraction of sp³-hybridized carbons (Fsp3) is 0.294. The van der Waals surface area contributed by atoms with Gasteiger partial charge in [0.2, 0.25) is 5.13 Å². The number of esters is 1. The Hall–Kier alpha value is -2.72. The SMILES string of the molecule is CCOC(=O)Cc1csc(NN=Cc2ccc(C#N)cc2CC)n1. The molecule has 0 unspecified atom stereocenters. The number of carbonyl (C=O) groups is 1. The summed E-state index contributed by atoms with van der Waals surface area (Å²) in [5, 5.41) is 15.5. The van der Waals surface area contributed by atoms with Crippen molar-refractivity contribution in [2.24, 2.45) is 5.10 Å². The Morgan fingerprint density at radius 3 is 3.04 bits per heavy atom. The van der Waals surface area contributed by atoms with Crippen LogP contribution >= 0.6 is 11.3 Å². The normalized spacial score (nSPS) is 10.5. The summed E-state index contributed by atoms with van der Waals surface area (Å²) >= 11 is 1.37. The number of aromatic nitrogens is 1. The van der Waals surface area contributed by atoms with Gasteiger partial charge in [-0.1, -0.05) is 13.0 Å². The molecule has 0 saturated carbocycles. The fourth-order valence-electron chi connectivity index (χ4n) is 2.06. The number of carbonyl (C=O) groups excluding carboxylic acids is 1. The molecule has 124 valence electrons. The minimum Gasteiger partial charge on any atom is -0.466 e. The summed E-state index contributed by atoms with van der Waals surface area (Å²) in [6.07, 6.45) is 2.68. The van der Waals surface area contributed by atoms with E-state index in [1.165, 1.54) is 11.3 Å². The minimum absolute atomic E-state index is 0.158. The molecule has 0 radical (unpaired) electrons. The lowest BCUT2D eigenvalue weighted by atomic mass is 10.0. The van der Waals surface area contributed by atoms with Crippen LogP contribution in [0.15, 0.2) is 28.7 Å². The van der Waals surface area contributed by atoms with Gasteiger partial charge >= 0.3 is 5.97 Å². The standard InChI is InChI=1S/C17H18N4O2S/c1-3-13-7-12(9-18)5-6-14(13)10-19-21-17-20-15(11-24-17)8-16(22)23-4-2/h5-7,10-11H,3-4,8H2,1-2H3,(H,20,21). The van der Waals surface area contributed by atoms with Crippen molar-refractivity contribution in [2.75, 3.05) is 12.0 Å². The zero-order valence-electron chi connectivity index (χ0n) is 13.6. The number of hydrogen-bond acceptors (Lipinski definition) is 7. The van der Waals surface area contributed by atoms with Crippen molar-refractivity contribution < 1.29 is 9.53 Å². The number of nitrogens with one attached hydrogen (secondary N) is 1. The third-order valence-electron chi connectivity index (χ3n) is 3.20. The molecule has 2 rings (SSSR count). The van der Waals surface area contributed by atoms with Crippen LogP contribution in [0.5, 0.6) is 0 Å². The third-order valence-corrected chi connectivity index (χ3v) is 4.00. The van der Waals surface area contributed by atoms with Crippen molar-refractivity contribution in [1.82, 2.24) is 4.98 Å². The van der Waals surface area contributed by atoms with Gasteiger partial charge in [0.1, 0.15) is 0 Å². The number of thiazole rings is 1. The van der Waals surface area contributed by atoms with Crippen LogP contribution in [0.1, 0.15) is 36.2 Å². The van der Waals surface area contributed by atoms with E-state index in [9.17, 15) is 4.79 Å². The second-order valence-corrected chi connectivity index (χ2v) is 5.73. The first-order valence-electron chi connectivity index (χ1n) is 7.58. The van der Waals surface area contributed by atoms with Gasteiger partial charge in [0.15, 0.2) is 0 Å². The van der Waals surface area contributed by atoms with Gasteiger partial charge in [0, 0.05) is 5.38 Å². The molecule has 7 heteroatoms. The quantitative estimate of drug-likeness (QED) is 0.474. The molecule has 1 N–H and O–H groups in total.